The van der Waals surface area contributed by atoms with Gasteiger partial charge >= 0.3 is 6.18 Å². The molecular formula is C6H5Cl2F3. The Balaban J connectivity index is 4.46. The Morgan fingerprint density at radius 3 is 1.91 bits per heavy atom. The summed E-state index contributed by atoms with van der Waals surface area (Å²) >= 11 is 9.79. The van der Waals surface area contributed by atoms with Crippen LogP contribution in [0, 0.1) is 0 Å². The second-order valence-electron chi connectivity index (χ2n) is 1.72. The first kappa shape index (κ1) is 10.8. The van der Waals surface area contributed by atoms with E-state index in [-0.39, 0.29) is 0 Å². The first-order chi connectivity index (χ1) is 4.81. The van der Waals surface area contributed by atoms with Crippen LogP contribution >= 0.6 is 23.2 Å². The van der Waals surface area contributed by atoms with E-state index >= 15 is 0 Å². The molecule has 0 rings (SSSR count). The number of halogens is 5. The maximum Gasteiger partial charge on any atom is 0.425 e. The highest BCUT2D eigenvalue weighted by molar-refractivity contribution is 6.50. The largest absolute Gasteiger partial charge is 0.425 e. The Kier molecular flexibility index (Phi) is 3.45. The summed E-state index contributed by atoms with van der Waals surface area (Å²) < 4.78 is 32.6. The number of hydrogen-bond donors (Lipinski definition) is 0. The highest BCUT2D eigenvalue weighted by Gasteiger charge is 2.50. The van der Waals surface area contributed by atoms with E-state index in [2.05, 4.69) is 6.58 Å². The Hall–Kier alpha value is -0.150. The van der Waals surface area contributed by atoms with Crippen LogP contribution in [0.3, 0.4) is 0 Å². The molecule has 0 aromatic carbocycles. The summed E-state index contributed by atoms with van der Waals surface area (Å²) in [6.45, 7) is 3.17. The predicted octanol–water partition coefficient (Wildman–Crippen LogP) is 3.46. The van der Waals surface area contributed by atoms with E-state index in [0.717, 1.165) is 12.2 Å². The smallest absolute Gasteiger partial charge is 0.167 e. The van der Waals surface area contributed by atoms with Crippen LogP contribution < -0.4 is 0 Å². The summed E-state index contributed by atoms with van der Waals surface area (Å²) in [5.74, 6) is 0. The van der Waals surface area contributed by atoms with Crippen molar-refractivity contribution in [3.63, 3.8) is 0 Å². The van der Waals surface area contributed by atoms with Crippen LogP contribution in [-0.4, -0.2) is 10.5 Å². The topological polar surface area (TPSA) is 0 Å². The molecule has 0 atom stereocenters. The minimum absolute atomic E-state index is 0.614. The lowest BCUT2D eigenvalue weighted by Gasteiger charge is -2.18. The van der Waals surface area contributed by atoms with Crippen LogP contribution in [0.1, 0.15) is 0 Å². The van der Waals surface area contributed by atoms with Gasteiger partial charge in [0.25, 0.3) is 0 Å². The zero-order chi connectivity index (χ0) is 9.12. The number of rotatable bonds is 2. The fraction of sp³-hybridized carbons (Fsp3) is 0.333. The van der Waals surface area contributed by atoms with Crippen molar-refractivity contribution in [1.29, 1.82) is 0 Å². The molecule has 0 fully saturated rings. The minimum Gasteiger partial charge on any atom is -0.167 e. The summed E-state index contributed by atoms with van der Waals surface area (Å²) in [6.07, 6.45) is -1.85. The van der Waals surface area contributed by atoms with Crippen molar-refractivity contribution in [3.8, 4) is 0 Å². The highest BCUT2D eigenvalue weighted by Crippen LogP contribution is 2.40. The van der Waals surface area contributed by atoms with Crippen molar-refractivity contribution < 1.29 is 13.2 Å². The molecule has 0 aromatic heterocycles. The Morgan fingerprint density at radius 1 is 1.18 bits per heavy atom. The molecule has 0 spiro atoms. The third-order valence-corrected chi connectivity index (χ3v) is 1.50. The summed E-state index contributed by atoms with van der Waals surface area (Å²) in [4.78, 5) is 0. The van der Waals surface area contributed by atoms with Gasteiger partial charge < -0.3 is 0 Å². The van der Waals surface area contributed by atoms with Gasteiger partial charge in [-0.25, -0.2) is 0 Å². The van der Waals surface area contributed by atoms with Crippen LogP contribution in [0.5, 0.6) is 0 Å². The summed E-state index contributed by atoms with van der Waals surface area (Å²) in [7, 11) is 0. The minimum atomic E-state index is -4.66. The van der Waals surface area contributed by atoms with Crippen LogP contribution in [0.2, 0.25) is 0 Å². The average molecular weight is 205 g/mol. The van der Waals surface area contributed by atoms with Gasteiger partial charge in [0.05, 0.1) is 0 Å². The number of allylic oxidation sites excluding steroid dienone is 3. The first-order valence-corrected chi connectivity index (χ1v) is 3.31. The van der Waals surface area contributed by atoms with Gasteiger partial charge in [-0.1, -0.05) is 41.9 Å². The van der Waals surface area contributed by atoms with Crippen LogP contribution in [0.15, 0.2) is 24.8 Å². The van der Waals surface area contributed by atoms with E-state index in [1.54, 1.807) is 0 Å². The molecule has 0 unspecified atom stereocenters. The second-order valence-corrected chi connectivity index (χ2v) is 3.10. The standard InChI is InChI=1S/C6H5Cl2F3/c1-2-3-4-5(7,8)6(9,10)11/h2-4H,1H2/b4-3+. The van der Waals surface area contributed by atoms with Crippen LogP contribution in [0.25, 0.3) is 0 Å². The molecule has 0 aliphatic rings. The van der Waals surface area contributed by atoms with Gasteiger partial charge in [0.1, 0.15) is 0 Å². The number of hydrogen-bond acceptors (Lipinski definition) is 0. The Bertz CT molecular complexity index is 169. The monoisotopic (exact) mass is 204 g/mol. The van der Waals surface area contributed by atoms with E-state index in [4.69, 9.17) is 23.2 Å². The van der Waals surface area contributed by atoms with Crippen molar-refractivity contribution in [2.45, 2.75) is 10.5 Å². The molecule has 5 heteroatoms. The van der Waals surface area contributed by atoms with E-state index in [1.165, 1.54) is 0 Å². The summed E-state index contributed by atoms with van der Waals surface area (Å²) in [5, 5.41) is 0. The SMILES string of the molecule is C=C/C=C/C(Cl)(Cl)C(F)(F)F. The van der Waals surface area contributed by atoms with E-state index in [0.29, 0.717) is 6.08 Å². The third-order valence-electron chi connectivity index (χ3n) is 0.820. The zero-order valence-electron chi connectivity index (χ0n) is 5.33. The van der Waals surface area contributed by atoms with Gasteiger partial charge in [-0.05, 0) is 6.08 Å². The van der Waals surface area contributed by atoms with E-state index in [9.17, 15) is 13.2 Å². The fourth-order valence-electron chi connectivity index (χ4n) is 0.283. The van der Waals surface area contributed by atoms with Gasteiger partial charge in [0.15, 0.2) is 0 Å². The number of alkyl halides is 5. The molecule has 0 N–H and O–H groups in total. The summed E-state index contributed by atoms with van der Waals surface area (Å²) in [5.41, 5.74) is 0. The van der Waals surface area contributed by atoms with Crippen molar-refractivity contribution in [1.82, 2.24) is 0 Å². The summed E-state index contributed by atoms with van der Waals surface area (Å²) in [6, 6.07) is 0. The Labute approximate surface area is 72.3 Å². The van der Waals surface area contributed by atoms with E-state index in [1.807, 2.05) is 0 Å². The molecule has 0 aliphatic carbocycles. The highest BCUT2D eigenvalue weighted by atomic mass is 35.5. The predicted molar refractivity (Wildman–Crippen MR) is 39.8 cm³/mol. The fourth-order valence-corrected chi connectivity index (χ4v) is 0.429. The van der Waals surface area contributed by atoms with Gasteiger partial charge in [-0.3, -0.25) is 0 Å². The lowest BCUT2D eigenvalue weighted by Crippen LogP contribution is -2.31. The maximum absolute atomic E-state index is 11.8. The third kappa shape index (κ3) is 3.16. The molecule has 0 amide bonds. The first-order valence-electron chi connectivity index (χ1n) is 2.56. The average Bonchev–Trinajstić information content (AvgIpc) is 1.81. The van der Waals surface area contributed by atoms with Crippen LogP contribution in [-0.2, 0) is 0 Å². The Morgan fingerprint density at radius 2 is 1.64 bits per heavy atom. The van der Waals surface area contributed by atoms with Crippen molar-refractivity contribution in [3.05, 3.63) is 24.8 Å². The lowest BCUT2D eigenvalue weighted by atomic mass is 10.3. The molecule has 0 radical (unpaired) electrons. The zero-order valence-corrected chi connectivity index (χ0v) is 6.84. The quantitative estimate of drug-likeness (QED) is 0.478. The van der Waals surface area contributed by atoms with Crippen molar-refractivity contribution in [2.75, 3.05) is 0 Å². The van der Waals surface area contributed by atoms with Gasteiger partial charge in [0.2, 0.25) is 4.33 Å². The molecule has 64 valence electrons. The molecule has 0 aromatic rings. The molecule has 0 saturated heterocycles. The second kappa shape index (κ2) is 3.50. The molecule has 11 heavy (non-hydrogen) atoms. The van der Waals surface area contributed by atoms with Crippen LogP contribution in [0.4, 0.5) is 13.2 Å². The van der Waals surface area contributed by atoms with Gasteiger partial charge in [0, 0.05) is 0 Å². The van der Waals surface area contributed by atoms with Gasteiger partial charge in [-0.2, -0.15) is 13.2 Å². The molecule has 0 aliphatic heterocycles. The molecule has 0 nitrogen and oxygen atoms in total. The van der Waals surface area contributed by atoms with E-state index < -0.39 is 10.5 Å². The van der Waals surface area contributed by atoms with Gasteiger partial charge in [-0.15, -0.1) is 0 Å². The molecular weight excluding hydrogens is 200 g/mol. The maximum atomic E-state index is 11.8. The molecule has 0 saturated carbocycles. The molecule has 0 bridgehead atoms. The van der Waals surface area contributed by atoms with Crippen molar-refractivity contribution in [2.24, 2.45) is 0 Å². The lowest BCUT2D eigenvalue weighted by molar-refractivity contribution is -0.131. The molecule has 0 heterocycles. The normalized spacial score (nSPS) is 13.9. The van der Waals surface area contributed by atoms with Crippen molar-refractivity contribution >= 4 is 23.2 Å².